The second-order valence-corrected chi connectivity index (χ2v) is 6.05. The molecule has 132 valence electrons. The molecule has 3 rings (SSSR count). The van der Waals surface area contributed by atoms with Gasteiger partial charge >= 0.3 is 0 Å². The van der Waals surface area contributed by atoms with Crippen molar-refractivity contribution >= 4 is 24.5 Å². The smallest absolute Gasteiger partial charge is 0.216 e. The zero-order chi connectivity index (χ0) is 18.4. The van der Waals surface area contributed by atoms with Crippen LogP contribution >= 0.6 is 12.2 Å². The monoisotopic (exact) mass is 364 g/mol. The first-order chi connectivity index (χ1) is 12.7. The van der Waals surface area contributed by atoms with E-state index in [-0.39, 0.29) is 0 Å². The Morgan fingerprint density at radius 1 is 1.19 bits per heavy atom. The Labute approximate surface area is 157 Å². The molecule has 0 fully saturated rings. The molecule has 0 radical (unpaired) electrons. The summed E-state index contributed by atoms with van der Waals surface area (Å²) in [6, 6.07) is 17.8. The van der Waals surface area contributed by atoms with Gasteiger partial charge in [0.05, 0.1) is 12.8 Å². The summed E-state index contributed by atoms with van der Waals surface area (Å²) in [6.07, 6.45) is 3.83. The Hall–Kier alpha value is -2.99. The number of H-pyrrole nitrogens is 1. The standard InChI is InChI=1S/C20H20N4OS/c1-3-25-18-11-9-17(10-12-18)19-22-23-20(26)24(19)21-14-15(2)13-16-7-5-4-6-8-16/h4-14H,3H2,1-2H3,(H,23,26). The number of aromatic nitrogens is 3. The molecule has 3 aromatic rings. The van der Waals surface area contributed by atoms with Gasteiger partial charge in [0.2, 0.25) is 4.77 Å². The first-order valence-electron chi connectivity index (χ1n) is 8.35. The van der Waals surface area contributed by atoms with Crippen molar-refractivity contribution < 1.29 is 4.74 Å². The number of benzene rings is 2. The molecule has 1 N–H and O–H groups in total. The largest absolute Gasteiger partial charge is 0.494 e. The van der Waals surface area contributed by atoms with Crippen LogP contribution in [0.5, 0.6) is 5.75 Å². The maximum absolute atomic E-state index is 5.48. The van der Waals surface area contributed by atoms with Gasteiger partial charge in [-0.1, -0.05) is 36.4 Å². The summed E-state index contributed by atoms with van der Waals surface area (Å²) in [5.74, 6) is 1.48. The minimum atomic E-state index is 0.442. The van der Waals surface area contributed by atoms with Crippen molar-refractivity contribution in [1.29, 1.82) is 0 Å². The van der Waals surface area contributed by atoms with Gasteiger partial charge < -0.3 is 4.74 Å². The number of rotatable bonds is 6. The number of hydrogen-bond acceptors (Lipinski definition) is 4. The summed E-state index contributed by atoms with van der Waals surface area (Å²) < 4.78 is 7.54. The van der Waals surface area contributed by atoms with Crippen LogP contribution in [0.1, 0.15) is 19.4 Å². The molecule has 6 heteroatoms. The number of nitrogens with zero attached hydrogens (tertiary/aromatic N) is 3. The molecule has 1 aromatic heterocycles. The fraction of sp³-hybridized carbons (Fsp3) is 0.150. The highest BCUT2D eigenvalue weighted by atomic mass is 32.1. The highest BCUT2D eigenvalue weighted by molar-refractivity contribution is 7.71. The van der Waals surface area contributed by atoms with Crippen LogP contribution in [-0.2, 0) is 0 Å². The van der Waals surface area contributed by atoms with E-state index in [1.807, 2.05) is 68.4 Å². The minimum Gasteiger partial charge on any atom is -0.494 e. The van der Waals surface area contributed by atoms with Gasteiger partial charge in [-0.2, -0.15) is 14.9 Å². The molecule has 2 aromatic carbocycles. The lowest BCUT2D eigenvalue weighted by Gasteiger charge is -2.04. The first kappa shape index (κ1) is 17.8. The van der Waals surface area contributed by atoms with Gasteiger partial charge in [-0.15, -0.1) is 0 Å². The minimum absolute atomic E-state index is 0.442. The maximum atomic E-state index is 5.48. The molecule has 0 saturated heterocycles. The highest BCUT2D eigenvalue weighted by Crippen LogP contribution is 2.21. The quantitative estimate of drug-likeness (QED) is 0.498. The zero-order valence-corrected chi connectivity index (χ0v) is 15.5. The Morgan fingerprint density at radius 2 is 1.92 bits per heavy atom. The van der Waals surface area contributed by atoms with Crippen LogP contribution in [0.25, 0.3) is 17.5 Å². The molecule has 0 aliphatic rings. The average molecular weight is 364 g/mol. The Balaban J connectivity index is 1.86. The van der Waals surface area contributed by atoms with Crippen LogP contribution in [0.15, 0.2) is 65.3 Å². The summed E-state index contributed by atoms with van der Waals surface area (Å²) in [7, 11) is 0. The van der Waals surface area contributed by atoms with E-state index in [1.54, 1.807) is 10.9 Å². The summed E-state index contributed by atoms with van der Waals surface area (Å²) in [6.45, 7) is 4.59. The van der Waals surface area contributed by atoms with Crippen LogP contribution in [-0.4, -0.2) is 27.7 Å². The molecule has 0 saturated carbocycles. The second kappa shape index (κ2) is 8.40. The number of nitrogens with one attached hydrogen (secondary N) is 1. The Kier molecular flexibility index (Phi) is 5.76. The van der Waals surface area contributed by atoms with E-state index in [0.717, 1.165) is 22.4 Å². The van der Waals surface area contributed by atoms with E-state index in [2.05, 4.69) is 21.4 Å². The zero-order valence-electron chi connectivity index (χ0n) is 14.7. The number of hydrogen-bond donors (Lipinski definition) is 1. The van der Waals surface area contributed by atoms with Gasteiger partial charge in [0, 0.05) is 5.56 Å². The van der Waals surface area contributed by atoms with Crippen molar-refractivity contribution in [1.82, 2.24) is 14.9 Å². The van der Waals surface area contributed by atoms with E-state index >= 15 is 0 Å². The molecule has 0 aliphatic heterocycles. The SMILES string of the molecule is CCOc1ccc(-c2n[nH]c(=S)n2N=CC(C)=Cc2ccccc2)cc1. The molecule has 0 aliphatic carbocycles. The van der Waals surface area contributed by atoms with Crippen molar-refractivity contribution in [2.24, 2.45) is 5.10 Å². The molecule has 0 bridgehead atoms. The van der Waals surface area contributed by atoms with Gasteiger partial charge in [-0.25, -0.2) is 5.10 Å². The maximum Gasteiger partial charge on any atom is 0.216 e. The lowest BCUT2D eigenvalue weighted by molar-refractivity contribution is 0.340. The van der Waals surface area contributed by atoms with Crippen molar-refractivity contribution in [3.8, 4) is 17.1 Å². The van der Waals surface area contributed by atoms with Gasteiger partial charge in [0.1, 0.15) is 5.75 Å². The summed E-state index contributed by atoms with van der Waals surface area (Å²) in [5, 5.41) is 11.6. The van der Waals surface area contributed by atoms with E-state index in [9.17, 15) is 0 Å². The summed E-state index contributed by atoms with van der Waals surface area (Å²) in [4.78, 5) is 0. The van der Waals surface area contributed by atoms with Gasteiger partial charge in [0.15, 0.2) is 5.82 Å². The normalized spacial score (nSPS) is 11.8. The predicted molar refractivity (Wildman–Crippen MR) is 108 cm³/mol. The topological polar surface area (TPSA) is 55.2 Å². The number of allylic oxidation sites excluding steroid dienone is 1. The third-order valence-electron chi connectivity index (χ3n) is 3.64. The van der Waals surface area contributed by atoms with E-state index in [0.29, 0.717) is 17.2 Å². The lowest BCUT2D eigenvalue weighted by Crippen LogP contribution is -1.95. The molecular weight excluding hydrogens is 344 g/mol. The van der Waals surface area contributed by atoms with Gasteiger partial charge in [0.25, 0.3) is 0 Å². The molecule has 0 unspecified atom stereocenters. The summed E-state index contributed by atoms with van der Waals surface area (Å²) in [5.41, 5.74) is 3.04. The molecule has 0 spiro atoms. The van der Waals surface area contributed by atoms with Crippen LogP contribution in [0.3, 0.4) is 0 Å². The Morgan fingerprint density at radius 3 is 2.62 bits per heavy atom. The van der Waals surface area contributed by atoms with Crippen molar-refractivity contribution in [3.05, 3.63) is 70.5 Å². The fourth-order valence-corrected chi connectivity index (χ4v) is 2.63. The molecule has 0 atom stereocenters. The van der Waals surface area contributed by atoms with Gasteiger partial charge in [-0.3, -0.25) is 0 Å². The van der Waals surface area contributed by atoms with Crippen LogP contribution in [0.2, 0.25) is 0 Å². The van der Waals surface area contributed by atoms with Crippen LogP contribution < -0.4 is 4.74 Å². The third kappa shape index (κ3) is 4.34. The molecule has 0 amide bonds. The van der Waals surface area contributed by atoms with Gasteiger partial charge in [-0.05, 0) is 61.5 Å². The van der Waals surface area contributed by atoms with E-state index < -0.39 is 0 Å². The molecule has 26 heavy (non-hydrogen) atoms. The average Bonchev–Trinajstić information content (AvgIpc) is 3.02. The van der Waals surface area contributed by atoms with Crippen molar-refractivity contribution in [2.75, 3.05) is 6.61 Å². The first-order valence-corrected chi connectivity index (χ1v) is 8.76. The second-order valence-electron chi connectivity index (χ2n) is 5.67. The summed E-state index contributed by atoms with van der Waals surface area (Å²) >= 11 is 5.31. The highest BCUT2D eigenvalue weighted by Gasteiger charge is 2.08. The van der Waals surface area contributed by atoms with Crippen LogP contribution in [0, 0.1) is 4.77 Å². The van der Waals surface area contributed by atoms with E-state index in [1.165, 1.54) is 0 Å². The van der Waals surface area contributed by atoms with E-state index in [4.69, 9.17) is 17.0 Å². The van der Waals surface area contributed by atoms with Crippen LogP contribution in [0.4, 0.5) is 0 Å². The lowest BCUT2D eigenvalue weighted by atomic mass is 10.1. The molecule has 5 nitrogen and oxygen atoms in total. The predicted octanol–water partition coefficient (Wildman–Crippen LogP) is 4.94. The molecular formula is C20H20N4OS. The number of ether oxygens (including phenoxy) is 1. The Bertz CT molecular complexity index is 969. The fourth-order valence-electron chi connectivity index (χ4n) is 2.45. The molecule has 1 heterocycles. The van der Waals surface area contributed by atoms with Crippen molar-refractivity contribution in [2.45, 2.75) is 13.8 Å². The number of aromatic amines is 1. The van der Waals surface area contributed by atoms with Crippen molar-refractivity contribution in [3.63, 3.8) is 0 Å². The third-order valence-corrected chi connectivity index (χ3v) is 3.91.